The minimum atomic E-state index is -0.267. The van der Waals surface area contributed by atoms with Crippen LogP contribution in [0.3, 0.4) is 0 Å². The van der Waals surface area contributed by atoms with E-state index >= 15 is 0 Å². The zero-order chi connectivity index (χ0) is 19.5. The summed E-state index contributed by atoms with van der Waals surface area (Å²) in [4.78, 5) is 17.6. The van der Waals surface area contributed by atoms with E-state index in [4.69, 9.17) is 14.5 Å². The van der Waals surface area contributed by atoms with Gasteiger partial charge in [-0.25, -0.2) is 4.98 Å². The highest BCUT2D eigenvalue weighted by molar-refractivity contribution is 7.13. The van der Waals surface area contributed by atoms with Crippen molar-refractivity contribution in [2.24, 2.45) is 0 Å². The zero-order valence-corrected chi connectivity index (χ0v) is 16.0. The number of pyridine rings is 1. The van der Waals surface area contributed by atoms with Crippen molar-refractivity contribution < 1.29 is 14.3 Å². The summed E-state index contributed by atoms with van der Waals surface area (Å²) in [5.74, 6) is 0.952. The molecule has 0 saturated carbocycles. The molecule has 28 heavy (non-hydrogen) atoms. The molecule has 2 aromatic heterocycles. The molecule has 8 heteroatoms. The van der Waals surface area contributed by atoms with Crippen LogP contribution in [0.15, 0.2) is 54.0 Å². The van der Waals surface area contributed by atoms with Crippen molar-refractivity contribution in [3.8, 4) is 22.8 Å². The Kier molecular flexibility index (Phi) is 4.86. The van der Waals surface area contributed by atoms with E-state index in [1.807, 2.05) is 42.5 Å². The van der Waals surface area contributed by atoms with Gasteiger partial charge in [-0.15, -0.1) is 10.2 Å². The number of anilines is 1. The quantitative estimate of drug-likeness (QED) is 0.552. The summed E-state index contributed by atoms with van der Waals surface area (Å²) in [6.07, 6.45) is 0. The van der Waals surface area contributed by atoms with Gasteiger partial charge >= 0.3 is 0 Å². The lowest BCUT2D eigenvalue weighted by molar-refractivity contribution is 0.102. The van der Waals surface area contributed by atoms with Gasteiger partial charge < -0.3 is 9.47 Å². The first-order valence-electron chi connectivity index (χ1n) is 8.39. The lowest BCUT2D eigenvalue weighted by Gasteiger charge is -2.12. The number of fused-ring (bicyclic) bond motifs is 1. The molecule has 0 bridgehead atoms. The standard InChI is InChI=1S/C20H16N4O3S/c1-26-17-8-7-12(9-18(17)27-2)16-10-14(13-5-3-4-6-15(13)22-16)19(25)23-20-24-21-11-28-20/h3-11H,1-2H3,(H,23,24,25). The number of hydrogen-bond donors (Lipinski definition) is 1. The molecule has 1 N–H and O–H groups in total. The molecular weight excluding hydrogens is 376 g/mol. The molecule has 140 valence electrons. The Balaban J connectivity index is 1.83. The molecule has 0 atom stereocenters. The van der Waals surface area contributed by atoms with Gasteiger partial charge in [0.05, 0.1) is 31.0 Å². The van der Waals surface area contributed by atoms with Gasteiger partial charge in [0.2, 0.25) is 5.13 Å². The highest BCUT2D eigenvalue weighted by Crippen LogP contribution is 2.33. The normalized spacial score (nSPS) is 10.6. The molecule has 0 fully saturated rings. The average molecular weight is 392 g/mol. The number of rotatable bonds is 5. The molecule has 1 amide bonds. The molecule has 4 rings (SSSR count). The predicted molar refractivity (Wildman–Crippen MR) is 108 cm³/mol. The smallest absolute Gasteiger partial charge is 0.258 e. The van der Waals surface area contributed by atoms with Crippen LogP contribution in [-0.4, -0.2) is 35.3 Å². The van der Waals surface area contributed by atoms with Gasteiger partial charge in [0, 0.05) is 10.9 Å². The molecule has 4 aromatic rings. The van der Waals surface area contributed by atoms with Gasteiger partial charge in [-0.2, -0.15) is 0 Å². The van der Waals surface area contributed by atoms with Crippen molar-refractivity contribution in [2.75, 3.05) is 19.5 Å². The molecule has 0 radical (unpaired) electrons. The molecule has 2 aromatic carbocycles. The van der Waals surface area contributed by atoms with Crippen LogP contribution in [0.1, 0.15) is 10.4 Å². The van der Waals surface area contributed by atoms with Gasteiger partial charge in [0.15, 0.2) is 11.5 Å². The second kappa shape index (κ2) is 7.61. The first-order valence-corrected chi connectivity index (χ1v) is 9.27. The van der Waals surface area contributed by atoms with Gasteiger partial charge in [-0.3, -0.25) is 10.1 Å². The Labute approximate surface area is 165 Å². The van der Waals surface area contributed by atoms with Crippen molar-refractivity contribution >= 4 is 33.3 Å². The molecule has 0 aliphatic carbocycles. The number of carbonyl (C=O) groups is 1. The maximum absolute atomic E-state index is 12.9. The number of nitrogens with one attached hydrogen (secondary N) is 1. The van der Waals surface area contributed by atoms with E-state index in [1.54, 1.807) is 25.8 Å². The Morgan fingerprint density at radius 1 is 1.04 bits per heavy atom. The van der Waals surface area contributed by atoms with Crippen molar-refractivity contribution in [1.82, 2.24) is 15.2 Å². The van der Waals surface area contributed by atoms with E-state index in [1.165, 1.54) is 11.3 Å². The number of nitrogens with zero attached hydrogens (tertiary/aromatic N) is 3. The van der Waals surface area contributed by atoms with Crippen LogP contribution in [0.4, 0.5) is 5.13 Å². The fourth-order valence-electron chi connectivity index (χ4n) is 2.90. The SMILES string of the molecule is COc1ccc(-c2cc(C(=O)Nc3nncs3)c3ccccc3n2)cc1OC. The van der Waals surface area contributed by atoms with Gasteiger partial charge in [-0.1, -0.05) is 29.5 Å². The van der Waals surface area contributed by atoms with E-state index < -0.39 is 0 Å². The summed E-state index contributed by atoms with van der Waals surface area (Å²) in [7, 11) is 3.16. The van der Waals surface area contributed by atoms with Crippen molar-refractivity contribution in [2.45, 2.75) is 0 Å². The van der Waals surface area contributed by atoms with Gasteiger partial charge in [0.1, 0.15) is 5.51 Å². The number of ether oxygens (including phenoxy) is 2. The molecule has 0 unspecified atom stereocenters. The number of amides is 1. The Morgan fingerprint density at radius 2 is 1.86 bits per heavy atom. The summed E-state index contributed by atoms with van der Waals surface area (Å²) in [5.41, 5.74) is 4.26. The van der Waals surface area contributed by atoms with Crippen LogP contribution in [-0.2, 0) is 0 Å². The zero-order valence-electron chi connectivity index (χ0n) is 15.2. The second-order valence-electron chi connectivity index (χ2n) is 5.84. The first kappa shape index (κ1) is 17.9. The summed E-state index contributed by atoms with van der Waals surface area (Å²) < 4.78 is 10.7. The van der Waals surface area contributed by atoms with Crippen molar-refractivity contribution in [3.05, 3.63) is 59.6 Å². The third kappa shape index (κ3) is 3.37. The lowest BCUT2D eigenvalue weighted by Crippen LogP contribution is -2.13. The number of hydrogen-bond acceptors (Lipinski definition) is 7. The molecule has 2 heterocycles. The largest absolute Gasteiger partial charge is 0.493 e. The van der Waals surface area contributed by atoms with E-state index in [9.17, 15) is 4.79 Å². The third-order valence-electron chi connectivity index (χ3n) is 4.22. The summed E-state index contributed by atoms with van der Waals surface area (Å²) >= 11 is 1.26. The minimum absolute atomic E-state index is 0.267. The molecular formula is C20H16N4O3S. The topological polar surface area (TPSA) is 86.2 Å². The van der Waals surface area contributed by atoms with Gasteiger partial charge in [-0.05, 0) is 30.3 Å². The number of benzene rings is 2. The molecule has 0 spiro atoms. The number of aromatic nitrogens is 3. The van der Waals surface area contributed by atoms with Crippen LogP contribution in [0, 0.1) is 0 Å². The minimum Gasteiger partial charge on any atom is -0.493 e. The Bertz CT molecular complexity index is 1150. The molecule has 0 aliphatic heterocycles. The third-order valence-corrected chi connectivity index (χ3v) is 4.83. The predicted octanol–water partition coefficient (Wildman–Crippen LogP) is 4.02. The monoisotopic (exact) mass is 392 g/mol. The summed E-state index contributed by atoms with van der Waals surface area (Å²) in [6.45, 7) is 0. The van der Waals surface area contributed by atoms with Crippen LogP contribution in [0.5, 0.6) is 11.5 Å². The number of carbonyl (C=O) groups excluding carboxylic acids is 1. The molecule has 0 saturated heterocycles. The average Bonchev–Trinajstić information content (AvgIpc) is 3.25. The van der Waals surface area contributed by atoms with E-state index in [0.717, 1.165) is 16.5 Å². The number of para-hydroxylation sites is 1. The van der Waals surface area contributed by atoms with Crippen LogP contribution in [0.2, 0.25) is 0 Å². The van der Waals surface area contributed by atoms with E-state index in [-0.39, 0.29) is 5.91 Å². The van der Waals surface area contributed by atoms with Crippen LogP contribution in [0.25, 0.3) is 22.2 Å². The van der Waals surface area contributed by atoms with Gasteiger partial charge in [0.25, 0.3) is 5.91 Å². The van der Waals surface area contributed by atoms with E-state index in [0.29, 0.717) is 27.9 Å². The van der Waals surface area contributed by atoms with Crippen LogP contribution < -0.4 is 14.8 Å². The second-order valence-corrected chi connectivity index (χ2v) is 6.67. The van der Waals surface area contributed by atoms with Crippen molar-refractivity contribution in [3.63, 3.8) is 0 Å². The number of methoxy groups -OCH3 is 2. The highest BCUT2D eigenvalue weighted by atomic mass is 32.1. The Morgan fingerprint density at radius 3 is 2.61 bits per heavy atom. The summed E-state index contributed by atoms with van der Waals surface area (Å²) in [6, 6.07) is 14.8. The van der Waals surface area contributed by atoms with Crippen molar-refractivity contribution in [1.29, 1.82) is 0 Å². The highest BCUT2D eigenvalue weighted by Gasteiger charge is 2.16. The summed E-state index contributed by atoms with van der Waals surface area (Å²) in [5, 5.41) is 11.6. The fourth-order valence-corrected chi connectivity index (χ4v) is 3.34. The fraction of sp³-hybridized carbons (Fsp3) is 0.100. The van der Waals surface area contributed by atoms with Crippen LogP contribution >= 0.6 is 11.3 Å². The van der Waals surface area contributed by atoms with E-state index in [2.05, 4.69) is 15.5 Å². The maximum Gasteiger partial charge on any atom is 0.258 e. The first-order chi connectivity index (χ1) is 13.7. The lowest BCUT2D eigenvalue weighted by atomic mass is 10.0. The molecule has 7 nitrogen and oxygen atoms in total. The molecule has 0 aliphatic rings. The Hall–Kier alpha value is -3.52. The maximum atomic E-state index is 12.9.